The number of rotatable bonds is 5. The van der Waals surface area contributed by atoms with E-state index in [1.165, 1.54) is 0 Å². The van der Waals surface area contributed by atoms with Gasteiger partial charge in [0.25, 0.3) is 0 Å². The van der Waals surface area contributed by atoms with Crippen molar-refractivity contribution in [1.29, 1.82) is 0 Å². The van der Waals surface area contributed by atoms with Gasteiger partial charge in [-0.15, -0.1) is 11.8 Å². The van der Waals surface area contributed by atoms with E-state index in [4.69, 9.17) is 0 Å². The number of carboxylic acids is 1. The van der Waals surface area contributed by atoms with Crippen LogP contribution in [0.5, 0.6) is 0 Å². The number of thioether (sulfide) groups is 1. The van der Waals surface area contributed by atoms with Crippen molar-refractivity contribution in [1.82, 2.24) is 0 Å². The van der Waals surface area contributed by atoms with Crippen LogP contribution in [-0.2, 0) is 0 Å². The molecule has 0 saturated carbocycles. The van der Waals surface area contributed by atoms with Crippen molar-refractivity contribution >= 4 is 23.4 Å². The van der Waals surface area contributed by atoms with Crippen LogP contribution < -0.4 is 4.90 Å². The first-order valence-electron chi connectivity index (χ1n) is 7.37. The lowest BCUT2D eigenvalue weighted by atomic mass is 10.1. The Morgan fingerprint density at radius 1 is 1.40 bits per heavy atom. The van der Waals surface area contributed by atoms with Crippen LogP contribution in [0, 0.1) is 0 Å². The molecular weight excluding hydrogens is 270 g/mol. The number of carboxylic acid groups (broad SMARTS) is 1. The van der Waals surface area contributed by atoms with Crippen LogP contribution in [0.15, 0.2) is 23.1 Å². The van der Waals surface area contributed by atoms with Crippen molar-refractivity contribution in [2.45, 2.75) is 57.0 Å². The monoisotopic (exact) mass is 293 g/mol. The molecular formula is C16H23NO2S. The van der Waals surface area contributed by atoms with Gasteiger partial charge in [0.1, 0.15) is 0 Å². The summed E-state index contributed by atoms with van der Waals surface area (Å²) in [4.78, 5) is 14.9. The molecule has 2 atom stereocenters. The van der Waals surface area contributed by atoms with Crippen LogP contribution >= 0.6 is 11.8 Å². The molecule has 110 valence electrons. The fraction of sp³-hybridized carbons (Fsp3) is 0.562. The largest absolute Gasteiger partial charge is 0.478 e. The molecule has 1 aliphatic heterocycles. The van der Waals surface area contributed by atoms with Gasteiger partial charge in [-0.05, 0) is 44.1 Å². The molecule has 0 aromatic heterocycles. The maximum Gasteiger partial charge on any atom is 0.338 e. The van der Waals surface area contributed by atoms with Gasteiger partial charge in [-0.3, -0.25) is 0 Å². The summed E-state index contributed by atoms with van der Waals surface area (Å²) in [7, 11) is 0. The zero-order valence-corrected chi connectivity index (χ0v) is 13.2. The Labute approximate surface area is 125 Å². The lowest BCUT2D eigenvalue weighted by Crippen LogP contribution is -2.35. The van der Waals surface area contributed by atoms with E-state index in [1.807, 2.05) is 18.2 Å². The maximum atomic E-state index is 11.7. The predicted molar refractivity (Wildman–Crippen MR) is 85.1 cm³/mol. The van der Waals surface area contributed by atoms with Gasteiger partial charge in [-0.2, -0.15) is 0 Å². The highest BCUT2D eigenvalue weighted by molar-refractivity contribution is 7.99. The molecule has 1 aromatic carbocycles. The zero-order valence-electron chi connectivity index (χ0n) is 12.4. The van der Waals surface area contributed by atoms with Crippen molar-refractivity contribution in [3.05, 3.63) is 23.8 Å². The first-order valence-corrected chi connectivity index (χ1v) is 8.36. The average molecular weight is 293 g/mol. The van der Waals surface area contributed by atoms with Crippen LogP contribution in [0.25, 0.3) is 0 Å². The Morgan fingerprint density at radius 2 is 2.15 bits per heavy atom. The smallest absolute Gasteiger partial charge is 0.338 e. The fourth-order valence-electron chi connectivity index (χ4n) is 3.13. The molecule has 1 saturated heterocycles. The Kier molecular flexibility index (Phi) is 4.97. The Bertz CT molecular complexity index is 489. The Hall–Kier alpha value is -1.16. The fourth-order valence-corrected chi connectivity index (χ4v) is 3.95. The summed E-state index contributed by atoms with van der Waals surface area (Å²) in [5, 5.41) is 9.64. The van der Waals surface area contributed by atoms with Gasteiger partial charge in [0.05, 0.1) is 11.3 Å². The van der Waals surface area contributed by atoms with Crippen molar-refractivity contribution in [2.75, 3.05) is 10.7 Å². The molecule has 0 radical (unpaired) electrons. The summed E-state index contributed by atoms with van der Waals surface area (Å²) < 4.78 is 0. The van der Waals surface area contributed by atoms with Gasteiger partial charge < -0.3 is 10.0 Å². The van der Waals surface area contributed by atoms with Crippen LogP contribution in [0.1, 0.15) is 50.4 Å². The second kappa shape index (κ2) is 6.53. The highest BCUT2D eigenvalue weighted by Gasteiger charge is 2.32. The molecule has 0 amide bonds. The molecule has 1 heterocycles. The number of benzene rings is 1. The van der Waals surface area contributed by atoms with E-state index < -0.39 is 5.97 Å². The zero-order chi connectivity index (χ0) is 14.7. The van der Waals surface area contributed by atoms with Crippen molar-refractivity contribution < 1.29 is 9.90 Å². The van der Waals surface area contributed by atoms with E-state index >= 15 is 0 Å². The third-order valence-corrected chi connectivity index (χ3v) is 4.99. The minimum atomic E-state index is -0.814. The molecule has 1 fully saturated rings. The molecule has 2 rings (SSSR count). The van der Waals surface area contributed by atoms with E-state index in [-0.39, 0.29) is 0 Å². The predicted octanol–water partition coefficient (Wildman–Crippen LogP) is 4.26. The lowest BCUT2D eigenvalue weighted by Gasteiger charge is -2.32. The number of carbonyl (C=O) groups is 1. The third kappa shape index (κ3) is 2.80. The van der Waals surface area contributed by atoms with Gasteiger partial charge in [0.2, 0.25) is 0 Å². The highest BCUT2D eigenvalue weighted by atomic mass is 32.2. The standard InChI is InChI=1S/C16H23NO2S/c1-4-12-10-9-11(3)17(12)13-7-6-8-14(20-5-2)15(13)16(18)19/h6-8,11-12H,4-5,9-10H2,1-3H3,(H,18,19). The Morgan fingerprint density at radius 3 is 2.75 bits per heavy atom. The summed E-state index contributed by atoms with van der Waals surface area (Å²) in [5.74, 6) is 0.0711. The van der Waals surface area contributed by atoms with Gasteiger partial charge in [-0.1, -0.05) is 19.9 Å². The first-order chi connectivity index (χ1) is 9.60. The summed E-state index contributed by atoms with van der Waals surface area (Å²) in [6.45, 7) is 6.43. The third-order valence-electron chi connectivity index (χ3n) is 4.05. The summed E-state index contributed by atoms with van der Waals surface area (Å²) in [6, 6.07) is 6.75. The quantitative estimate of drug-likeness (QED) is 0.823. The second-order valence-electron chi connectivity index (χ2n) is 5.28. The van der Waals surface area contributed by atoms with E-state index in [1.54, 1.807) is 11.8 Å². The van der Waals surface area contributed by atoms with E-state index in [0.29, 0.717) is 17.6 Å². The van der Waals surface area contributed by atoms with Gasteiger partial charge in [0, 0.05) is 17.0 Å². The van der Waals surface area contributed by atoms with Crippen LogP contribution in [0.2, 0.25) is 0 Å². The van der Waals surface area contributed by atoms with Crippen LogP contribution in [-0.4, -0.2) is 28.9 Å². The number of hydrogen-bond acceptors (Lipinski definition) is 3. The number of nitrogens with zero attached hydrogens (tertiary/aromatic N) is 1. The van der Waals surface area contributed by atoms with Gasteiger partial charge >= 0.3 is 5.97 Å². The van der Waals surface area contributed by atoms with Gasteiger partial charge in [0.15, 0.2) is 0 Å². The minimum Gasteiger partial charge on any atom is -0.478 e. The molecule has 0 bridgehead atoms. The molecule has 2 unspecified atom stereocenters. The summed E-state index contributed by atoms with van der Waals surface area (Å²) >= 11 is 1.61. The molecule has 0 aliphatic carbocycles. The van der Waals surface area contributed by atoms with Crippen molar-refractivity contribution in [3.8, 4) is 0 Å². The second-order valence-corrected chi connectivity index (χ2v) is 6.59. The molecule has 1 aromatic rings. The molecule has 1 aliphatic rings. The molecule has 0 spiro atoms. The van der Waals surface area contributed by atoms with Gasteiger partial charge in [-0.25, -0.2) is 4.79 Å². The average Bonchev–Trinajstić information content (AvgIpc) is 2.79. The van der Waals surface area contributed by atoms with Crippen LogP contribution in [0.4, 0.5) is 5.69 Å². The van der Waals surface area contributed by atoms with E-state index in [0.717, 1.165) is 35.6 Å². The first kappa shape index (κ1) is 15.2. The molecule has 3 nitrogen and oxygen atoms in total. The number of hydrogen-bond donors (Lipinski definition) is 1. The molecule has 1 N–H and O–H groups in total. The summed E-state index contributed by atoms with van der Waals surface area (Å²) in [5.41, 5.74) is 1.37. The highest BCUT2D eigenvalue weighted by Crippen LogP contribution is 2.37. The number of aromatic carboxylic acids is 1. The molecule has 20 heavy (non-hydrogen) atoms. The van der Waals surface area contributed by atoms with E-state index in [9.17, 15) is 9.90 Å². The normalized spacial score (nSPS) is 22.2. The lowest BCUT2D eigenvalue weighted by molar-refractivity contribution is 0.0693. The van der Waals surface area contributed by atoms with Crippen molar-refractivity contribution in [3.63, 3.8) is 0 Å². The minimum absolute atomic E-state index is 0.417. The van der Waals surface area contributed by atoms with Crippen molar-refractivity contribution in [2.24, 2.45) is 0 Å². The maximum absolute atomic E-state index is 11.7. The van der Waals surface area contributed by atoms with E-state index in [2.05, 4.69) is 25.7 Å². The number of anilines is 1. The van der Waals surface area contributed by atoms with Crippen LogP contribution in [0.3, 0.4) is 0 Å². The Balaban J connectivity index is 2.49. The SMILES string of the molecule is CCSc1cccc(N2C(C)CCC2CC)c1C(=O)O. The molecule has 4 heteroatoms. The topological polar surface area (TPSA) is 40.5 Å². The summed E-state index contributed by atoms with van der Waals surface area (Å²) in [6.07, 6.45) is 3.36.